The van der Waals surface area contributed by atoms with E-state index in [9.17, 15) is 4.79 Å². The van der Waals surface area contributed by atoms with Crippen LogP contribution in [0.15, 0.2) is 24.5 Å². The quantitative estimate of drug-likeness (QED) is 0.803. The first-order chi connectivity index (χ1) is 6.83. The van der Waals surface area contributed by atoms with Gasteiger partial charge in [-0.2, -0.15) is 0 Å². The average Bonchev–Trinajstić information content (AvgIpc) is 2.25. The minimum absolute atomic E-state index is 0. The normalized spacial score (nSPS) is 8.87. The van der Waals surface area contributed by atoms with Crippen molar-refractivity contribution in [2.75, 3.05) is 13.2 Å². The predicted molar refractivity (Wildman–Crippen MR) is 56.8 cm³/mol. The van der Waals surface area contributed by atoms with Crippen LogP contribution in [0.5, 0.6) is 0 Å². The Hall–Kier alpha value is -1.33. The highest BCUT2D eigenvalue weighted by atomic mass is 35.5. The largest absolute Gasteiger partial charge is 0.445 e. The Morgan fingerprint density at radius 1 is 1.47 bits per heavy atom. The van der Waals surface area contributed by atoms with Crippen LogP contribution >= 0.6 is 12.4 Å². The van der Waals surface area contributed by atoms with Crippen LogP contribution in [-0.4, -0.2) is 29.3 Å². The van der Waals surface area contributed by atoms with E-state index in [-0.39, 0.29) is 32.2 Å². The van der Waals surface area contributed by atoms with E-state index in [4.69, 9.17) is 9.84 Å². The summed E-state index contributed by atoms with van der Waals surface area (Å²) in [6.45, 7) is 0.319. The number of hydrogen-bond donors (Lipinski definition) is 2. The zero-order chi connectivity index (χ0) is 10.2. The Bertz CT molecular complexity index is 282. The lowest BCUT2D eigenvalue weighted by atomic mass is 10.3. The van der Waals surface area contributed by atoms with E-state index >= 15 is 0 Å². The van der Waals surface area contributed by atoms with Crippen molar-refractivity contribution < 1.29 is 14.6 Å². The highest BCUT2D eigenvalue weighted by Gasteiger charge is 2.00. The van der Waals surface area contributed by atoms with Crippen molar-refractivity contribution in [3.05, 3.63) is 30.1 Å². The maximum atomic E-state index is 10.9. The van der Waals surface area contributed by atoms with Gasteiger partial charge in [0.15, 0.2) is 0 Å². The summed E-state index contributed by atoms with van der Waals surface area (Å²) in [4.78, 5) is 14.7. The number of amides is 1. The summed E-state index contributed by atoms with van der Waals surface area (Å²) < 4.78 is 4.84. The molecule has 6 heteroatoms. The van der Waals surface area contributed by atoms with Crippen molar-refractivity contribution >= 4 is 18.5 Å². The Balaban J connectivity index is 0.00000196. The molecule has 0 radical (unpaired) electrons. The van der Waals surface area contributed by atoms with Gasteiger partial charge in [-0.1, -0.05) is 0 Å². The van der Waals surface area contributed by atoms with E-state index in [2.05, 4.69) is 10.3 Å². The molecule has 1 rings (SSSR count). The van der Waals surface area contributed by atoms with Gasteiger partial charge in [0.1, 0.15) is 6.61 Å². The third-order valence-electron chi connectivity index (χ3n) is 1.50. The molecule has 0 aliphatic heterocycles. The molecule has 1 aromatic heterocycles. The van der Waals surface area contributed by atoms with E-state index in [1.807, 2.05) is 0 Å². The maximum absolute atomic E-state index is 10.9. The molecule has 2 N–H and O–H groups in total. The first-order valence-corrected chi connectivity index (χ1v) is 4.23. The van der Waals surface area contributed by atoms with Gasteiger partial charge in [0.25, 0.3) is 0 Å². The summed E-state index contributed by atoms with van der Waals surface area (Å²) >= 11 is 0. The van der Waals surface area contributed by atoms with E-state index < -0.39 is 6.09 Å². The third kappa shape index (κ3) is 5.87. The lowest BCUT2D eigenvalue weighted by Crippen LogP contribution is -2.26. The smallest absolute Gasteiger partial charge is 0.407 e. The minimum atomic E-state index is -0.532. The number of pyridine rings is 1. The summed E-state index contributed by atoms with van der Waals surface area (Å²) in [5, 5.41) is 10.8. The molecular formula is C9H13ClN2O3. The molecule has 0 unspecified atom stereocenters. The number of nitrogens with one attached hydrogen (secondary N) is 1. The summed E-state index contributed by atoms with van der Waals surface area (Å²) in [6.07, 6.45) is 2.73. The van der Waals surface area contributed by atoms with Gasteiger partial charge in [-0.15, -0.1) is 12.4 Å². The fourth-order valence-electron chi connectivity index (χ4n) is 0.837. The van der Waals surface area contributed by atoms with Crippen LogP contribution in [0.4, 0.5) is 4.79 Å². The Morgan fingerprint density at radius 3 is 2.73 bits per heavy atom. The molecule has 0 atom stereocenters. The van der Waals surface area contributed by atoms with Crippen molar-refractivity contribution in [3.63, 3.8) is 0 Å². The Labute approximate surface area is 93.9 Å². The van der Waals surface area contributed by atoms with Crippen LogP contribution in [0.1, 0.15) is 5.56 Å². The van der Waals surface area contributed by atoms with Crippen molar-refractivity contribution in [1.29, 1.82) is 0 Å². The number of hydrogen-bond acceptors (Lipinski definition) is 4. The number of ether oxygens (including phenoxy) is 1. The molecule has 0 fully saturated rings. The lowest BCUT2D eigenvalue weighted by Gasteiger charge is -2.05. The summed E-state index contributed by atoms with van der Waals surface area (Å²) in [5.41, 5.74) is 0.874. The number of aliphatic hydroxyl groups is 1. The molecule has 0 aliphatic rings. The zero-order valence-corrected chi connectivity index (χ0v) is 8.87. The van der Waals surface area contributed by atoms with E-state index in [1.165, 1.54) is 0 Å². The molecule has 0 aromatic carbocycles. The van der Waals surface area contributed by atoms with Gasteiger partial charge < -0.3 is 15.2 Å². The summed E-state index contributed by atoms with van der Waals surface area (Å²) in [7, 11) is 0. The van der Waals surface area contributed by atoms with E-state index in [1.54, 1.807) is 24.5 Å². The topological polar surface area (TPSA) is 71.5 Å². The number of aliphatic hydroxyl groups excluding tert-OH is 1. The number of alkyl carbamates (subject to hydrolysis) is 1. The highest BCUT2D eigenvalue weighted by Crippen LogP contribution is 1.98. The van der Waals surface area contributed by atoms with Gasteiger partial charge in [-0.05, 0) is 17.7 Å². The molecule has 0 spiro atoms. The summed E-state index contributed by atoms with van der Waals surface area (Å²) in [5.74, 6) is 0. The van der Waals surface area contributed by atoms with Crippen molar-refractivity contribution in [2.24, 2.45) is 0 Å². The van der Waals surface area contributed by atoms with Gasteiger partial charge >= 0.3 is 6.09 Å². The van der Waals surface area contributed by atoms with Gasteiger partial charge in [-0.3, -0.25) is 4.98 Å². The molecule has 0 bridgehead atoms. The van der Waals surface area contributed by atoms with Gasteiger partial charge in [0.2, 0.25) is 0 Å². The van der Waals surface area contributed by atoms with Gasteiger partial charge in [-0.25, -0.2) is 4.79 Å². The van der Waals surface area contributed by atoms with Crippen LogP contribution in [-0.2, 0) is 11.3 Å². The van der Waals surface area contributed by atoms with Crippen LogP contribution in [0, 0.1) is 0 Å². The first kappa shape index (κ1) is 13.7. The number of carbonyl (C=O) groups excluding carboxylic acids is 1. The van der Waals surface area contributed by atoms with Crippen LogP contribution in [0.3, 0.4) is 0 Å². The molecule has 84 valence electrons. The molecule has 0 saturated heterocycles. The second kappa shape index (κ2) is 8.02. The number of nitrogens with zero attached hydrogens (tertiary/aromatic N) is 1. The second-order valence-corrected chi connectivity index (χ2v) is 2.58. The van der Waals surface area contributed by atoms with Crippen molar-refractivity contribution in [1.82, 2.24) is 10.3 Å². The molecular weight excluding hydrogens is 220 g/mol. The molecule has 0 aliphatic carbocycles. The van der Waals surface area contributed by atoms with Gasteiger partial charge in [0.05, 0.1) is 6.61 Å². The fourth-order valence-corrected chi connectivity index (χ4v) is 0.837. The van der Waals surface area contributed by atoms with Crippen molar-refractivity contribution in [3.8, 4) is 0 Å². The maximum Gasteiger partial charge on any atom is 0.407 e. The van der Waals surface area contributed by atoms with Crippen LogP contribution in [0.2, 0.25) is 0 Å². The Morgan fingerprint density at radius 2 is 2.13 bits per heavy atom. The first-order valence-electron chi connectivity index (χ1n) is 4.23. The highest BCUT2D eigenvalue weighted by molar-refractivity contribution is 5.85. The van der Waals surface area contributed by atoms with Crippen LogP contribution in [0.25, 0.3) is 0 Å². The predicted octanol–water partition coefficient (Wildman–Crippen LogP) is 0.722. The lowest BCUT2D eigenvalue weighted by molar-refractivity contribution is 0.137. The van der Waals surface area contributed by atoms with E-state index in [0.29, 0.717) is 0 Å². The Kier molecular flexibility index (Phi) is 7.31. The number of rotatable bonds is 4. The number of carbonyl (C=O) groups is 1. The third-order valence-corrected chi connectivity index (χ3v) is 1.50. The molecule has 5 nitrogen and oxygen atoms in total. The van der Waals surface area contributed by atoms with Crippen LogP contribution < -0.4 is 5.32 Å². The monoisotopic (exact) mass is 232 g/mol. The van der Waals surface area contributed by atoms with E-state index in [0.717, 1.165) is 5.56 Å². The van der Waals surface area contributed by atoms with Crippen molar-refractivity contribution in [2.45, 2.75) is 6.61 Å². The molecule has 1 amide bonds. The number of halogens is 1. The fraction of sp³-hybridized carbons (Fsp3) is 0.333. The number of aromatic nitrogens is 1. The second-order valence-electron chi connectivity index (χ2n) is 2.58. The molecule has 15 heavy (non-hydrogen) atoms. The molecule has 1 aromatic rings. The van der Waals surface area contributed by atoms with Gasteiger partial charge in [0, 0.05) is 18.9 Å². The average molecular weight is 233 g/mol. The molecule has 1 heterocycles. The summed E-state index contributed by atoms with van der Waals surface area (Å²) in [6, 6.07) is 3.53. The standard InChI is InChI=1S/C9H12N2O3.ClH/c12-6-5-11-9(13)14-7-8-1-3-10-4-2-8;/h1-4,12H,5-7H2,(H,11,13);1H. The molecule has 0 saturated carbocycles. The SMILES string of the molecule is Cl.O=C(NCCO)OCc1ccncc1. The minimum Gasteiger partial charge on any atom is -0.445 e. The zero-order valence-electron chi connectivity index (χ0n) is 8.05.